The largest absolute Gasteiger partial charge is 0.496 e. The number of carbonyl (C=O) groups is 1. The number of carbonyl (C=O) groups excluding carboxylic acids is 1. The van der Waals surface area contributed by atoms with E-state index in [0.29, 0.717) is 30.8 Å². The highest BCUT2D eigenvalue weighted by molar-refractivity contribution is 6.34. The molecule has 1 atom stereocenters. The van der Waals surface area contributed by atoms with Gasteiger partial charge in [-0.2, -0.15) is 0 Å². The Balaban J connectivity index is 1.83. The second kappa shape index (κ2) is 8.70. The Kier molecular flexibility index (Phi) is 5.97. The Morgan fingerprint density at radius 1 is 1.28 bits per heavy atom. The van der Waals surface area contributed by atoms with E-state index in [-0.39, 0.29) is 39.4 Å². The van der Waals surface area contributed by atoms with Crippen molar-refractivity contribution in [2.24, 2.45) is 0 Å². The first-order chi connectivity index (χ1) is 15.4. The van der Waals surface area contributed by atoms with Gasteiger partial charge in [0.2, 0.25) is 5.91 Å². The zero-order valence-electron chi connectivity index (χ0n) is 17.6. The number of piperazine rings is 1. The fourth-order valence-electron chi connectivity index (χ4n) is 4.09. The Bertz CT molecular complexity index is 1220. The first kappa shape index (κ1) is 22.0. The van der Waals surface area contributed by atoms with E-state index < -0.39 is 11.6 Å². The van der Waals surface area contributed by atoms with Crippen LogP contribution in [0.1, 0.15) is 6.92 Å². The van der Waals surface area contributed by atoms with Gasteiger partial charge in [0.05, 0.1) is 17.7 Å². The van der Waals surface area contributed by atoms with Crippen molar-refractivity contribution in [2.75, 3.05) is 31.6 Å². The molecular weight excluding hydrogens is 438 g/mol. The standard InChI is InChI=1S/C23H21ClF2N4O2/c1-4-18(31)29-8-9-30(13(2)11-29)23-14-10-15(24)19(21(26)22(14)27-12-28-23)20-16(25)6-5-7-17(20)32-3/h4-7,10,12-13H,1,8-9,11H2,2-3H3/t13-/m0/s1. The number of halogens is 3. The number of anilines is 1. The number of hydrogen-bond donors (Lipinski definition) is 0. The molecule has 2 aromatic carbocycles. The zero-order chi connectivity index (χ0) is 23.0. The lowest BCUT2D eigenvalue weighted by atomic mass is 10.0. The molecule has 2 heterocycles. The Hall–Kier alpha value is -3.26. The molecular formula is C23H21ClF2N4O2. The van der Waals surface area contributed by atoms with E-state index in [1.165, 1.54) is 37.7 Å². The molecule has 1 aliphatic heterocycles. The first-order valence-electron chi connectivity index (χ1n) is 10.0. The molecule has 6 nitrogen and oxygen atoms in total. The van der Waals surface area contributed by atoms with Crippen LogP contribution in [0.25, 0.3) is 22.0 Å². The molecule has 0 N–H and O–H groups in total. The predicted molar refractivity (Wildman–Crippen MR) is 120 cm³/mol. The minimum absolute atomic E-state index is 0.0163. The van der Waals surface area contributed by atoms with E-state index in [1.807, 2.05) is 11.8 Å². The van der Waals surface area contributed by atoms with Crippen molar-refractivity contribution < 1.29 is 18.3 Å². The van der Waals surface area contributed by atoms with Crippen molar-refractivity contribution in [1.82, 2.24) is 14.9 Å². The molecule has 1 amide bonds. The van der Waals surface area contributed by atoms with Gasteiger partial charge in [-0.05, 0) is 31.2 Å². The summed E-state index contributed by atoms with van der Waals surface area (Å²) in [4.78, 5) is 24.1. The van der Waals surface area contributed by atoms with Crippen molar-refractivity contribution in [2.45, 2.75) is 13.0 Å². The van der Waals surface area contributed by atoms with Crippen LogP contribution < -0.4 is 9.64 Å². The van der Waals surface area contributed by atoms with Gasteiger partial charge >= 0.3 is 0 Å². The molecule has 3 aromatic rings. The average molecular weight is 459 g/mol. The molecule has 0 saturated carbocycles. The summed E-state index contributed by atoms with van der Waals surface area (Å²) in [5.74, 6) is -0.887. The second-order valence-electron chi connectivity index (χ2n) is 7.49. The van der Waals surface area contributed by atoms with Gasteiger partial charge in [-0.3, -0.25) is 4.79 Å². The summed E-state index contributed by atoms with van der Waals surface area (Å²) in [6.45, 7) is 6.92. The SMILES string of the molecule is C=CC(=O)N1CCN(c2ncnc3c(F)c(-c4c(F)cccc4OC)c(Cl)cc23)[C@@H](C)C1. The highest BCUT2D eigenvalue weighted by Crippen LogP contribution is 2.42. The average Bonchev–Trinajstić information content (AvgIpc) is 2.79. The van der Waals surface area contributed by atoms with Gasteiger partial charge in [0.15, 0.2) is 5.82 Å². The number of ether oxygens (including phenoxy) is 1. The minimum Gasteiger partial charge on any atom is -0.496 e. The lowest BCUT2D eigenvalue weighted by molar-refractivity contribution is -0.126. The molecule has 4 rings (SSSR count). The van der Waals surface area contributed by atoms with E-state index >= 15 is 4.39 Å². The van der Waals surface area contributed by atoms with Gasteiger partial charge in [0, 0.05) is 36.6 Å². The Morgan fingerprint density at radius 3 is 2.75 bits per heavy atom. The van der Waals surface area contributed by atoms with Gasteiger partial charge in [0.25, 0.3) is 0 Å². The van der Waals surface area contributed by atoms with Gasteiger partial charge in [-0.15, -0.1) is 0 Å². The third-order valence-electron chi connectivity index (χ3n) is 5.63. The molecule has 1 aromatic heterocycles. The summed E-state index contributed by atoms with van der Waals surface area (Å²) < 4.78 is 35.6. The maximum Gasteiger partial charge on any atom is 0.246 e. The Labute approximate surface area is 189 Å². The summed E-state index contributed by atoms with van der Waals surface area (Å²) in [5.41, 5.74) is -0.158. The van der Waals surface area contributed by atoms with Gasteiger partial charge in [0.1, 0.15) is 29.2 Å². The smallest absolute Gasteiger partial charge is 0.246 e. The molecule has 166 valence electrons. The minimum atomic E-state index is -0.757. The van der Waals surface area contributed by atoms with Crippen molar-refractivity contribution in [3.8, 4) is 16.9 Å². The molecule has 0 bridgehead atoms. The van der Waals surface area contributed by atoms with Crippen LogP contribution in [-0.2, 0) is 4.79 Å². The van der Waals surface area contributed by atoms with Crippen LogP contribution >= 0.6 is 11.6 Å². The monoisotopic (exact) mass is 458 g/mol. The number of aromatic nitrogens is 2. The van der Waals surface area contributed by atoms with E-state index in [1.54, 1.807) is 11.0 Å². The maximum absolute atomic E-state index is 15.7. The highest BCUT2D eigenvalue weighted by atomic mass is 35.5. The molecule has 9 heteroatoms. The number of hydrogen-bond acceptors (Lipinski definition) is 5. The van der Waals surface area contributed by atoms with Crippen LogP contribution in [0.3, 0.4) is 0 Å². The lowest BCUT2D eigenvalue weighted by Crippen LogP contribution is -2.53. The molecule has 1 aliphatic rings. The van der Waals surface area contributed by atoms with E-state index in [2.05, 4.69) is 16.5 Å². The molecule has 0 aliphatic carbocycles. The van der Waals surface area contributed by atoms with Crippen molar-refractivity contribution >= 4 is 34.2 Å². The van der Waals surface area contributed by atoms with Crippen molar-refractivity contribution in [3.63, 3.8) is 0 Å². The van der Waals surface area contributed by atoms with Gasteiger partial charge in [-0.1, -0.05) is 24.2 Å². The quantitative estimate of drug-likeness (QED) is 0.540. The summed E-state index contributed by atoms with van der Waals surface area (Å²) >= 11 is 6.47. The van der Waals surface area contributed by atoms with Crippen LogP contribution in [-0.4, -0.2) is 53.6 Å². The summed E-state index contributed by atoms with van der Waals surface area (Å²) in [5, 5.41) is 0.423. The Morgan fingerprint density at radius 2 is 2.06 bits per heavy atom. The lowest BCUT2D eigenvalue weighted by Gasteiger charge is -2.40. The maximum atomic E-state index is 15.7. The van der Waals surface area contributed by atoms with Crippen LogP contribution in [0.5, 0.6) is 5.75 Å². The summed E-state index contributed by atoms with van der Waals surface area (Å²) in [6.07, 6.45) is 2.56. The third-order valence-corrected chi connectivity index (χ3v) is 5.93. The molecule has 0 radical (unpaired) electrons. The molecule has 1 saturated heterocycles. The number of fused-ring (bicyclic) bond motifs is 1. The third kappa shape index (κ3) is 3.64. The molecule has 32 heavy (non-hydrogen) atoms. The predicted octanol–water partition coefficient (Wildman–Crippen LogP) is 4.46. The normalized spacial score (nSPS) is 16.3. The van der Waals surface area contributed by atoms with E-state index in [0.717, 1.165) is 0 Å². The molecule has 1 fully saturated rings. The van der Waals surface area contributed by atoms with Crippen LogP contribution in [0.2, 0.25) is 5.02 Å². The summed E-state index contributed by atoms with van der Waals surface area (Å²) in [6, 6.07) is 5.69. The number of amides is 1. The number of methoxy groups -OCH3 is 1. The zero-order valence-corrected chi connectivity index (χ0v) is 18.4. The van der Waals surface area contributed by atoms with E-state index in [4.69, 9.17) is 16.3 Å². The number of nitrogens with zero attached hydrogens (tertiary/aromatic N) is 4. The first-order valence-corrected chi connectivity index (χ1v) is 10.4. The molecule has 0 unspecified atom stereocenters. The van der Waals surface area contributed by atoms with Crippen molar-refractivity contribution in [3.05, 3.63) is 59.9 Å². The van der Waals surface area contributed by atoms with Gasteiger partial charge in [-0.25, -0.2) is 18.7 Å². The van der Waals surface area contributed by atoms with Gasteiger partial charge < -0.3 is 14.5 Å². The van der Waals surface area contributed by atoms with E-state index in [9.17, 15) is 9.18 Å². The fraction of sp³-hybridized carbons (Fsp3) is 0.261. The number of rotatable bonds is 4. The van der Waals surface area contributed by atoms with Crippen LogP contribution in [0, 0.1) is 11.6 Å². The molecule has 0 spiro atoms. The highest BCUT2D eigenvalue weighted by Gasteiger charge is 2.29. The fourth-order valence-corrected chi connectivity index (χ4v) is 4.38. The summed E-state index contributed by atoms with van der Waals surface area (Å²) in [7, 11) is 1.38. The number of benzene rings is 2. The second-order valence-corrected chi connectivity index (χ2v) is 7.90. The van der Waals surface area contributed by atoms with Crippen molar-refractivity contribution in [1.29, 1.82) is 0 Å². The topological polar surface area (TPSA) is 58.6 Å². The van der Waals surface area contributed by atoms with Crippen LogP contribution in [0.15, 0.2) is 43.2 Å². The van der Waals surface area contributed by atoms with Crippen LogP contribution in [0.4, 0.5) is 14.6 Å².